The van der Waals surface area contributed by atoms with Crippen LogP contribution in [0.25, 0.3) is 12.2 Å². The van der Waals surface area contributed by atoms with E-state index in [9.17, 15) is 4.79 Å². The standard InChI is InChI=1S/C23H26O5/c1-6-8-18(24)15-19-17(9-7-10-20(19)25-2)12-11-16-13-21(26-3)23(28-5)22(14-16)27-4/h6-14H,15H2,1-5H3/b8-6+,12-11-. The Hall–Kier alpha value is -3.21. The molecule has 5 heteroatoms. The fraction of sp³-hybridized carbons (Fsp3) is 0.261. The Kier molecular flexibility index (Phi) is 7.69. The van der Waals surface area contributed by atoms with Crippen molar-refractivity contribution in [2.45, 2.75) is 13.3 Å². The summed E-state index contributed by atoms with van der Waals surface area (Å²) in [6.07, 6.45) is 7.45. The molecule has 0 atom stereocenters. The van der Waals surface area contributed by atoms with Crippen LogP contribution in [0.5, 0.6) is 23.0 Å². The summed E-state index contributed by atoms with van der Waals surface area (Å²) in [5.74, 6) is 2.41. The lowest BCUT2D eigenvalue weighted by Gasteiger charge is -2.13. The van der Waals surface area contributed by atoms with Crippen LogP contribution in [0.1, 0.15) is 23.6 Å². The number of carbonyl (C=O) groups is 1. The molecule has 0 aliphatic carbocycles. The average Bonchev–Trinajstić information content (AvgIpc) is 2.72. The van der Waals surface area contributed by atoms with Crippen LogP contribution in [0.4, 0.5) is 0 Å². The minimum Gasteiger partial charge on any atom is -0.496 e. The normalized spacial score (nSPS) is 11.0. The van der Waals surface area contributed by atoms with E-state index in [1.807, 2.05) is 49.4 Å². The van der Waals surface area contributed by atoms with E-state index < -0.39 is 0 Å². The Balaban J connectivity index is 2.45. The molecule has 0 saturated carbocycles. The van der Waals surface area contributed by atoms with Crippen molar-refractivity contribution in [2.75, 3.05) is 28.4 Å². The molecular weight excluding hydrogens is 356 g/mol. The molecule has 28 heavy (non-hydrogen) atoms. The SMILES string of the molecule is C/C=C/C(=O)Cc1c(/C=C\c2cc(OC)c(OC)c(OC)c2)cccc1OC. The monoisotopic (exact) mass is 382 g/mol. The fourth-order valence-electron chi connectivity index (χ4n) is 2.92. The first-order valence-corrected chi connectivity index (χ1v) is 8.87. The number of allylic oxidation sites excluding steroid dienone is 2. The van der Waals surface area contributed by atoms with Gasteiger partial charge in [0, 0.05) is 12.0 Å². The van der Waals surface area contributed by atoms with Crippen molar-refractivity contribution in [2.24, 2.45) is 0 Å². The Labute approximate surface area is 166 Å². The highest BCUT2D eigenvalue weighted by atomic mass is 16.5. The van der Waals surface area contributed by atoms with Crippen molar-refractivity contribution in [3.8, 4) is 23.0 Å². The third-order valence-electron chi connectivity index (χ3n) is 4.24. The van der Waals surface area contributed by atoms with Gasteiger partial charge in [-0.15, -0.1) is 0 Å². The van der Waals surface area contributed by atoms with Gasteiger partial charge in [-0.05, 0) is 42.3 Å². The van der Waals surface area contributed by atoms with E-state index in [-0.39, 0.29) is 12.2 Å². The lowest BCUT2D eigenvalue weighted by molar-refractivity contribution is -0.114. The van der Waals surface area contributed by atoms with Crippen LogP contribution in [0.15, 0.2) is 42.5 Å². The molecule has 2 rings (SSSR count). The van der Waals surface area contributed by atoms with Crippen molar-refractivity contribution < 1.29 is 23.7 Å². The average molecular weight is 382 g/mol. The summed E-state index contributed by atoms with van der Waals surface area (Å²) in [6.45, 7) is 1.82. The molecule has 0 aliphatic heterocycles. The van der Waals surface area contributed by atoms with Gasteiger partial charge < -0.3 is 18.9 Å². The smallest absolute Gasteiger partial charge is 0.203 e. The molecule has 148 valence electrons. The minimum absolute atomic E-state index is 0.0226. The molecule has 0 spiro atoms. The number of hydrogen-bond donors (Lipinski definition) is 0. The molecule has 0 heterocycles. The Bertz CT molecular complexity index is 856. The summed E-state index contributed by atoms with van der Waals surface area (Å²) < 4.78 is 21.6. The van der Waals surface area contributed by atoms with Crippen molar-refractivity contribution in [1.29, 1.82) is 0 Å². The second-order valence-corrected chi connectivity index (χ2v) is 5.96. The summed E-state index contributed by atoms with van der Waals surface area (Å²) in [5.41, 5.74) is 2.63. The number of benzene rings is 2. The highest BCUT2D eigenvalue weighted by molar-refractivity contribution is 5.92. The predicted octanol–water partition coefficient (Wildman–Crippen LogP) is 4.58. The van der Waals surface area contributed by atoms with Crippen molar-refractivity contribution >= 4 is 17.9 Å². The lowest BCUT2D eigenvalue weighted by Crippen LogP contribution is -2.03. The van der Waals surface area contributed by atoms with Crippen molar-refractivity contribution in [3.05, 3.63) is 59.2 Å². The molecule has 5 nitrogen and oxygen atoms in total. The number of methoxy groups -OCH3 is 4. The van der Waals surface area contributed by atoms with Crippen LogP contribution in [0, 0.1) is 0 Å². The van der Waals surface area contributed by atoms with E-state index in [0.717, 1.165) is 16.7 Å². The van der Waals surface area contributed by atoms with E-state index in [1.165, 1.54) is 0 Å². The van der Waals surface area contributed by atoms with Gasteiger partial charge in [-0.2, -0.15) is 0 Å². The van der Waals surface area contributed by atoms with Crippen molar-refractivity contribution in [1.82, 2.24) is 0 Å². The van der Waals surface area contributed by atoms with Gasteiger partial charge in [-0.3, -0.25) is 4.79 Å². The molecule has 0 aromatic heterocycles. The first-order valence-electron chi connectivity index (χ1n) is 8.87. The minimum atomic E-state index is 0.0226. The molecule has 0 bridgehead atoms. The van der Waals surface area contributed by atoms with Crippen LogP contribution in [-0.4, -0.2) is 34.2 Å². The van der Waals surface area contributed by atoms with Gasteiger partial charge in [0.15, 0.2) is 17.3 Å². The van der Waals surface area contributed by atoms with Gasteiger partial charge in [0.25, 0.3) is 0 Å². The van der Waals surface area contributed by atoms with Gasteiger partial charge in [0.2, 0.25) is 5.75 Å². The van der Waals surface area contributed by atoms with Crippen LogP contribution >= 0.6 is 0 Å². The number of ether oxygens (including phenoxy) is 4. The highest BCUT2D eigenvalue weighted by Crippen LogP contribution is 2.38. The number of hydrogen-bond acceptors (Lipinski definition) is 5. The zero-order valence-electron chi connectivity index (χ0n) is 16.9. The third-order valence-corrected chi connectivity index (χ3v) is 4.24. The van der Waals surface area contributed by atoms with E-state index in [4.69, 9.17) is 18.9 Å². The summed E-state index contributed by atoms with van der Waals surface area (Å²) in [5, 5.41) is 0. The second kappa shape index (κ2) is 10.2. The maximum atomic E-state index is 12.1. The largest absolute Gasteiger partial charge is 0.496 e. The molecule has 0 unspecified atom stereocenters. The Morgan fingerprint density at radius 2 is 1.54 bits per heavy atom. The van der Waals surface area contributed by atoms with E-state index in [0.29, 0.717) is 23.0 Å². The summed E-state index contributed by atoms with van der Waals surface area (Å²) in [7, 11) is 6.33. The maximum Gasteiger partial charge on any atom is 0.203 e. The van der Waals surface area contributed by atoms with Gasteiger partial charge in [-0.25, -0.2) is 0 Å². The maximum absolute atomic E-state index is 12.1. The second-order valence-electron chi connectivity index (χ2n) is 5.96. The molecule has 0 radical (unpaired) electrons. The predicted molar refractivity (Wildman–Crippen MR) is 112 cm³/mol. The van der Waals surface area contributed by atoms with Crippen molar-refractivity contribution in [3.63, 3.8) is 0 Å². The molecule has 0 saturated heterocycles. The van der Waals surface area contributed by atoms with Gasteiger partial charge in [0.1, 0.15) is 5.75 Å². The first kappa shape index (κ1) is 21.1. The third kappa shape index (κ3) is 4.94. The zero-order valence-corrected chi connectivity index (χ0v) is 16.9. The summed E-state index contributed by atoms with van der Waals surface area (Å²) in [4.78, 5) is 12.1. The van der Waals surface area contributed by atoms with E-state index in [1.54, 1.807) is 40.6 Å². The summed E-state index contributed by atoms with van der Waals surface area (Å²) >= 11 is 0. The van der Waals surface area contributed by atoms with E-state index in [2.05, 4.69) is 0 Å². The first-order chi connectivity index (χ1) is 13.6. The zero-order chi connectivity index (χ0) is 20.5. The number of carbonyl (C=O) groups excluding carboxylic acids is 1. The van der Waals surface area contributed by atoms with Gasteiger partial charge in [0.05, 0.1) is 28.4 Å². The van der Waals surface area contributed by atoms with E-state index >= 15 is 0 Å². The molecule has 2 aromatic rings. The quantitative estimate of drug-likeness (QED) is 0.469. The Morgan fingerprint density at radius 1 is 0.893 bits per heavy atom. The number of ketones is 1. The fourth-order valence-corrected chi connectivity index (χ4v) is 2.92. The van der Waals surface area contributed by atoms with Crippen LogP contribution in [0.2, 0.25) is 0 Å². The van der Waals surface area contributed by atoms with Crippen LogP contribution < -0.4 is 18.9 Å². The molecular formula is C23H26O5. The molecule has 0 N–H and O–H groups in total. The number of rotatable bonds is 9. The topological polar surface area (TPSA) is 54.0 Å². The Morgan fingerprint density at radius 3 is 2.07 bits per heavy atom. The molecule has 0 amide bonds. The highest BCUT2D eigenvalue weighted by Gasteiger charge is 2.13. The van der Waals surface area contributed by atoms with Crippen LogP contribution in [0.3, 0.4) is 0 Å². The van der Waals surface area contributed by atoms with Crippen LogP contribution in [-0.2, 0) is 11.2 Å². The summed E-state index contributed by atoms with van der Waals surface area (Å²) in [6, 6.07) is 9.44. The van der Waals surface area contributed by atoms with Gasteiger partial charge in [-0.1, -0.05) is 30.4 Å². The lowest BCUT2D eigenvalue weighted by atomic mass is 9.99. The van der Waals surface area contributed by atoms with Gasteiger partial charge >= 0.3 is 0 Å². The molecule has 0 fully saturated rings. The molecule has 0 aliphatic rings. The molecule has 2 aromatic carbocycles.